The van der Waals surface area contributed by atoms with Crippen LogP contribution in [-0.4, -0.2) is 19.7 Å². The number of aromatic amines is 1. The third kappa shape index (κ3) is 9.00. The summed E-state index contributed by atoms with van der Waals surface area (Å²) in [5.41, 5.74) is 0.488. The van der Waals surface area contributed by atoms with Crippen LogP contribution in [0.4, 0.5) is 0 Å². The van der Waals surface area contributed by atoms with Crippen molar-refractivity contribution in [1.29, 1.82) is 0 Å². The Labute approximate surface area is 134 Å². The maximum atomic E-state index is 11.3. The fourth-order valence-electron chi connectivity index (χ4n) is 1.14. The van der Waals surface area contributed by atoms with Crippen molar-refractivity contribution < 1.29 is 0 Å². The Bertz CT molecular complexity index is 486. The summed E-state index contributed by atoms with van der Waals surface area (Å²) >= 11 is 0. The van der Waals surface area contributed by atoms with Crippen LogP contribution in [0.15, 0.2) is 11.0 Å². The summed E-state index contributed by atoms with van der Waals surface area (Å²) in [7, 11) is 1.76. The molecule has 0 spiro atoms. The molecule has 0 aliphatic rings. The summed E-state index contributed by atoms with van der Waals surface area (Å²) in [5.74, 6) is 0.608. The van der Waals surface area contributed by atoms with E-state index in [0.717, 1.165) is 0 Å². The molecule has 2 heterocycles. The van der Waals surface area contributed by atoms with E-state index in [4.69, 9.17) is 0 Å². The number of aryl methyl sites for hydroxylation is 2. The molecule has 2 rings (SSSR count). The van der Waals surface area contributed by atoms with Crippen LogP contribution in [0.2, 0.25) is 0 Å². The van der Waals surface area contributed by atoms with Gasteiger partial charge in [-0.1, -0.05) is 66.8 Å². The zero-order chi connectivity index (χ0) is 8.72. The molecule has 0 bridgehead atoms. The van der Waals surface area contributed by atoms with Crippen molar-refractivity contribution in [3.8, 4) is 0 Å². The van der Waals surface area contributed by atoms with E-state index in [1.807, 2.05) is 0 Å². The summed E-state index contributed by atoms with van der Waals surface area (Å²) in [6.45, 7) is 1.74. The number of nitrogens with one attached hydrogen (secondary N) is 1. The minimum atomic E-state index is -0.134. The molecule has 0 fully saturated rings. The maximum Gasteiger partial charge on any atom is 0.262 e. The lowest BCUT2D eigenvalue weighted by Gasteiger charge is -1.93. The number of fused-ring (bicyclic) bond motifs is 1. The van der Waals surface area contributed by atoms with Gasteiger partial charge in [-0.15, -0.1) is 0 Å². The van der Waals surface area contributed by atoms with Crippen LogP contribution in [-0.2, 0) is 7.05 Å². The molecule has 0 atom stereocenters. The predicted molar refractivity (Wildman–Crippen MR) is 104 cm³/mol. The topological polar surface area (TPSA) is 63.6 Å². The van der Waals surface area contributed by atoms with Gasteiger partial charge in [0.2, 0.25) is 0 Å². The second kappa shape index (κ2) is 18.4. The average Bonchev–Trinajstić information content (AvgIpc) is 2.33. The SMILES string of the molecule is C.C.C.C.C.C.C.C.C.Cc1nc2c(cnn2C)c(=O)[nH]1. The third-order valence-corrected chi connectivity index (χ3v) is 1.72. The predicted octanol–water partition coefficient (Wildman–Crippen LogP) is 5.69. The average molecular weight is 309 g/mol. The van der Waals surface area contributed by atoms with E-state index in [-0.39, 0.29) is 72.4 Å². The molecule has 0 aliphatic heterocycles. The van der Waals surface area contributed by atoms with Gasteiger partial charge in [0, 0.05) is 7.05 Å². The molecule has 0 saturated heterocycles. The van der Waals surface area contributed by atoms with Gasteiger partial charge in [-0.3, -0.25) is 9.48 Å². The highest BCUT2D eigenvalue weighted by Gasteiger charge is 2.04. The number of H-pyrrole nitrogens is 1. The molecule has 0 aliphatic carbocycles. The summed E-state index contributed by atoms with van der Waals surface area (Å²) < 4.78 is 1.58. The molecule has 0 amide bonds. The van der Waals surface area contributed by atoms with Crippen molar-refractivity contribution in [2.45, 2.75) is 73.8 Å². The molecule has 5 heteroatoms. The lowest BCUT2D eigenvalue weighted by atomic mass is 10.4. The maximum absolute atomic E-state index is 11.3. The van der Waals surface area contributed by atoms with Crippen LogP contribution in [0.1, 0.15) is 72.7 Å². The lowest BCUT2D eigenvalue weighted by molar-refractivity contribution is 0.782. The smallest absolute Gasteiger partial charge is 0.262 e. The first-order chi connectivity index (χ1) is 5.68. The van der Waals surface area contributed by atoms with E-state index >= 15 is 0 Å². The van der Waals surface area contributed by atoms with Crippen molar-refractivity contribution in [3.05, 3.63) is 22.4 Å². The van der Waals surface area contributed by atoms with Gasteiger partial charge < -0.3 is 4.98 Å². The fourth-order valence-corrected chi connectivity index (χ4v) is 1.14. The van der Waals surface area contributed by atoms with Gasteiger partial charge in [0.1, 0.15) is 11.2 Å². The quantitative estimate of drug-likeness (QED) is 0.680. The van der Waals surface area contributed by atoms with E-state index < -0.39 is 0 Å². The number of nitrogens with zero attached hydrogens (tertiary/aromatic N) is 3. The van der Waals surface area contributed by atoms with E-state index in [0.29, 0.717) is 16.9 Å². The lowest BCUT2D eigenvalue weighted by Crippen LogP contribution is -2.09. The summed E-state index contributed by atoms with van der Waals surface area (Å²) in [5, 5.41) is 4.46. The normalized spacial score (nSPS) is 6.19. The van der Waals surface area contributed by atoms with Crippen molar-refractivity contribution in [3.63, 3.8) is 0 Å². The molecule has 5 nitrogen and oxygen atoms in total. The van der Waals surface area contributed by atoms with Crippen LogP contribution < -0.4 is 5.56 Å². The van der Waals surface area contributed by atoms with E-state index in [1.165, 1.54) is 6.20 Å². The first-order valence-electron chi connectivity index (χ1n) is 3.57. The monoisotopic (exact) mass is 308 g/mol. The highest BCUT2D eigenvalue weighted by molar-refractivity contribution is 5.72. The summed E-state index contributed by atoms with van der Waals surface area (Å²) in [6, 6.07) is 0. The first kappa shape index (κ1) is 50.6. The van der Waals surface area contributed by atoms with Crippen molar-refractivity contribution >= 4 is 11.0 Å². The number of hydrogen-bond donors (Lipinski definition) is 1. The standard InChI is InChI=1S/C7H8N4O.9CH4/c1-4-9-6-5(7(12)10-4)3-8-11(6)2;;;;;;;;;/h3H,1-2H3,(H,9,10,12);9*1H4. The molecular formula is C16H44N4O. The third-order valence-electron chi connectivity index (χ3n) is 1.72. The minimum Gasteiger partial charge on any atom is -0.310 e. The van der Waals surface area contributed by atoms with E-state index in [1.54, 1.807) is 18.7 Å². The Morgan fingerprint density at radius 2 is 1.38 bits per heavy atom. The van der Waals surface area contributed by atoms with Gasteiger partial charge >= 0.3 is 0 Å². The summed E-state index contributed by atoms with van der Waals surface area (Å²) in [4.78, 5) is 18.0. The highest BCUT2D eigenvalue weighted by Crippen LogP contribution is 2.02. The Kier molecular flexibility index (Phi) is 44.2. The Hall–Kier alpha value is -1.65. The Morgan fingerprint density at radius 1 is 0.952 bits per heavy atom. The zero-order valence-electron chi connectivity index (χ0n) is 6.83. The molecule has 134 valence electrons. The van der Waals surface area contributed by atoms with Crippen LogP contribution in [0.25, 0.3) is 11.0 Å². The van der Waals surface area contributed by atoms with E-state index in [2.05, 4.69) is 15.1 Å². The molecule has 0 aromatic carbocycles. The number of hydrogen-bond acceptors (Lipinski definition) is 3. The van der Waals surface area contributed by atoms with Gasteiger partial charge in [0.25, 0.3) is 5.56 Å². The van der Waals surface area contributed by atoms with Crippen molar-refractivity contribution in [2.24, 2.45) is 7.05 Å². The Morgan fingerprint density at radius 3 is 1.81 bits per heavy atom. The second-order valence-electron chi connectivity index (χ2n) is 2.66. The number of aromatic nitrogens is 4. The minimum absolute atomic E-state index is 0. The van der Waals surface area contributed by atoms with Crippen LogP contribution in [0.5, 0.6) is 0 Å². The zero-order valence-corrected chi connectivity index (χ0v) is 6.83. The molecule has 0 saturated carbocycles. The van der Waals surface area contributed by atoms with E-state index in [9.17, 15) is 4.79 Å². The number of rotatable bonds is 0. The van der Waals surface area contributed by atoms with Crippen LogP contribution in [0, 0.1) is 6.92 Å². The van der Waals surface area contributed by atoms with Crippen LogP contribution in [0.3, 0.4) is 0 Å². The fraction of sp³-hybridized carbons (Fsp3) is 0.688. The molecule has 21 heavy (non-hydrogen) atoms. The van der Waals surface area contributed by atoms with Gasteiger partial charge in [-0.05, 0) is 6.92 Å². The molecule has 0 radical (unpaired) electrons. The van der Waals surface area contributed by atoms with Gasteiger partial charge in [0.15, 0.2) is 5.65 Å². The Balaban J connectivity index is -0.0000000313. The van der Waals surface area contributed by atoms with Gasteiger partial charge in [0.05, 0.1) is 6.20 Å². The molecule has 0 unspecified atom stereocenters. The highest BCUT2D eigenvalue weighted by atomic mass is 16.1. The van der Waals surface area contributed by atoms with Crippen molar-refractivity contribution in [1.82, 2.24) is 19.7 Å². The molecule has 2 aromatic heterocycles. The van der Waals surface area contributed by atoms with Gasteiger partial charge in [-0.2, -0.15) is 5.10 Å². The first-order valence-corrected chi connectivity index (χ1v) is 3.57. The molecule has 2 aromatic rings. The summed E-state index contributed by atoms with van der Waals surface area (Å²) in [6.07, 6.45) is 1.51. The largest absolute Gasteiger partial charge is 0.310 e. The second-order valence-corrected chi connectivity index (χ2v) is 2.66. The molecular weight excluding hydrogens is 264 g/mol. The van der Waals surface area contributed by atoms with Crippen molar-refractivity contribution in [2.75, 3.05) is 0 Å². The van der Waals surface area contributed by atoms with Crippen LogP contribution >= 0.6 is 0 Å². The molecule has 1 N–H and O–H groups in total. The van der Waals surface area contributed by atoms with Gasteiger partial charge in [-0.25, -0.2) is 4.98 Å².